The van der Waals surface area contributed by atoms with E-state index in [2.05, 4.69) is 95.8 Å². The molecule has 0 unspecified atom stereocenters. The van der Waals surface area contributed by atoms with Gasteiger partial charge < -0.3 is 23.0 Å². The van der Waals surface area contributed by atoms with Crippen LogP contribution in [0.3, 0.4) is 0 Å². The first-order chi connectivity index (χ1) is 13.7. The Morgan fingerprint density at radius 3 is 1.58 bits per heavy atom. The molecule has 8 heteroatoms. The second kappa shape index (κ2) is 8.28. The molecule has 0 amide bonds. The Morgan fingerprint density at radius 1 is 0.839 bits per heavy atom. The van der Waals surface area contributed by atoms with Gasteiger partial charge in [0.1, 0.15) is 0 Å². The van der Waals surface area contributed by atoms with Crippen molar-refractivity contribution < 1.29 is 23.0 Å². The number of hydrogen-bond donors (Lipinski definition) is 0. The normalized spacial score (nSPS) is 26.7. The minimum absolute atomic E-state index is 0.0824. The van der Waals surface area contributed by atoms with Crippen molar-refractivity contribution >= 4 is 22.6 Å². The molecule has 178 valence electrons. The summed E-state index contributed by atoms with van der Waals surface area (Å²) in [6.45, 7) is 32.0. The maximum Gasteiger partial charge on any atom is 0.463 e. The Balaban J connectivity index is 2.35. The van der Waals surface area contributed by atoms with Gasteiger partial charge in [0, 0.05) is 5.82 Å². The minimum Gasteiger partial charge on any atom is -0.411 e. The van der Waals surface area contributed by atoms with Crippen molar-refractivity contribution in [2.24, 2.45) is 0 Å². The molecule has 2 saturated heterocycles. The number of hydrogen-bond acceptors (Lipinski definition) is 5. The molecule has 2 aliphatic heterocycles. The van der Waals surface area contributed by atoms with Gasteiger partial charge in [0.25, 0.3) is 0 Å². The standard InChI is InChI=1S/C23H46B2O5Si/c1-15-18(26-31(13,14)19(2,3)4)17(25-29-22(9,10)23(11,12)30-25)16-24-27-20(5,6)21(7,8)28-24/h15,17-18H,1,16H2,2-14H3/t17-,18+/m0/s1. The van der Waals surface area contributed by atoms with Gasteiger partial charge in [0.2, 0.25) is 0 Å². The fourth-order valence-corrected chi connectivity index (χ4v) is 4.88. The molecular weight excluding hydrogens is 406 g/mol. The molecule has 2 aliphatic rings. The van der Waals surface area contributed by atoms with Gasteiger partial charge in [-0.25, -0.2) is 0 Å². The van der Waals surface area contributed by atoms with Gasteiger partial charge in [-0.05, 0) is 79.8 Å². The molecule has 31 heavy (non-hydrogen) atoms. The highest BCUT2D eigenvalue weighted by atomic mass is 28.4. The average molecular weight is 452 g/mol. The van der Waals surface area contributed by atoms with Crippen molar-refractivity contribution in [2.45, 2.75) is 135 Å². The summed E-state index contributed by atoms with van der Waals surface area (Å²) < 4.78 is 32.5. The van der Waals surface area contributed by atoms with Crippen molar-refractivity contribution in [1.29, 1.82) is 0 Å². The van der Waals surface area contributed by atoms with E-state index in [1.165, 1.54) is 0 Å². The first kappa shape index (κ1) is 27.1. The van der Waals surface area contributed by atoms with Crippen LogP contribution < -0.4 is 0 Å². The Bertz CT molecular complexity index is 637. The molecule has 2 heterocycles. The molecule has 0 aliphatic carbocycles. The molecule has 2 rings (SSSR count). The zero-order valence-electron chi connectivity index (χ0n) is 22.3. The largest absolute Gasteiger partial charge is 0.463 e. The van der Waals surface area contributed by atoms with Gasteiger partial charge in [0.05, 0.1) is 28.5 Å². The van der Waals surface area contributed by atoms with Gasteiger partial charge in [-0.2, -0.15) is 0 Å². The van der Waals surface area contributed by atoms with Crippen molar-refractivity contribution in [3.8, 4) is 0 Å². The lowest BCUT2D eigenvalue weighted by molar-refractivity contribution is 0.00578. The summed E-state index contributed by atoms with van der Waals surface area (Å²) in [5, 5.41) is 0.0824. The van der Waals surface area contributed by atoms with E-state index in [0.29, 0.717) is 6.32 Å². The molecule has 0 N–H and O–H groups in total. The third-order valence-electron chi connectivity index (χ3n) is 8.28. The molecule has 0 saturated carbocycles. The lowest BCUT2D eigenvalue weighted by atomic mass is 9.58. The van der Waals surface area contributed by atoms with Crippen molar-refractivity contribution in [3.63, 3.8) is 0 Å². The molecular formula is C23H46B2O5Si. The molecule has 0 aromatic carbocycles. The smallest absolute Gasteiger partial charge is 0.411 e. The lowest BCUT2D eigenvalue weighted by Crippen LogP contribution is -2.47. The second-order valence-corrected chi connectivity index (χ2v) is 17.5. The van der Waals surface area contributed by atoms with Crippen LogP contribution in [0.4, 0.5) is 0 Å². The Kier molecular flexibility index (Phi) is 7.25. The monoisotopic (exact) mass is 452 g/mol. The van der Waals surface area contributed by atoms with Gasteiger partial charge >= 0.3 is 14.2 Å². The van der Waals surface area contributed by atoms with Crippen LogP contribution in [0, 0.1) is 0 Å². The minimum atomic E-state index is -2.05. The topological polar surface area (TPSA) is 46.2 Å². The van der Waals surface area contributed by atoms with Crippen LogP contribution in [0.5, 0.6) is 0 Å². The molecule has 2 fully saturated rings. The third-order valence-corrected chi connectivity index (χ3v) is 12.8. The molecule has 0 bridgehead atoms. The van der Waals surface area contributed by atoms with Crippen molar-refractivity contribution in [2.75, 3.05) is 0 Å². The summed E-state index contributed by atoms with van der Waals surface area (Å²) in [4.78, 5) is 0. The van der Waals surface area contributed by atoms with Crippen LogP contribution in [0.2, 0.25) is 30.3 Å². The molecule has 0 radical (unpaired) electrons. The van der Waals surface area contributed by atoms with Gasteiger partial charge in [0.15, 0.2) is 8.32 Å². The summed E-state index contributed by atoms with van der Waals surface area (Å²) in [5.41, 5.74) is -1.62. The van der Waals surface area contributed by atoms with Gasteiger partial charge in [-0.3, -0.25) is 0 Å². The summed E-state index contributed by atoms with van der Waals surface area (Å²) in [6, 6.07) is 0. The van der Waals surface area contributed by atoms with E-state index in [0.717, 1.165) is 0 Å². The fourth-order valence-electron chi connectivity index (χ4n) is 3.57. The third kappa shape index (κ3) is 5.35. The van der Waals surface area contributed by atoms with Crippen LogP contribution >= 0.6 is 0 Å². The molecule has 0 aromatic rings. The fraction of sp³-hybridized carbons (Fsp3) is 0.913. The predicted molar refractivity (Wildman–Crippen MR) is 133 cm³/mol. The van der Waals surface area contributed by atoms with E-state index in [1.807, 2.05) is 6.08 Å². The van der Waals surface area contributed by atoms with Gasteiger partial charge in [-0.1, -0.05) is 26.8 Å². The van der Waals surface area contributed by atoms with E-state index in [9.17, 15) is 0 Å². The average Bonchev–Trinajstić information content (AvgIpc) is 2.88. The quantitative estimate of drug-likeness (QED) is 0.344. The summed E-state index contributed by atoms with van der Waals surface area (Å²) in [7, 11) is -2.85. The molecule has 0 aromatic heterocycles. The maximum atomic E-state index is 6.83. The number of rotatable bonds is 7. The second-order valence-electron chi connectivity index (χ2n) is 12.8. The Labute approximate surface area is 193 Å². The van der Waals surface area contributed by atoms with Crippen LogP contribution in [0.25, 0.3) is 0 Å². The zero-order valence-corrected chi connectivity index (χ0v) is 23.3. The molecule has 5 nitrogen and oxygen atoms in total. The zero-order chi connectivity index (χ0) is 24.3. The first-order valence-corrected chi connectivity index (χ1v) is 14.6. The lowest BCUT2D eigenvalue weighted by Gasteiger charge is -2.41. The first-order valence-electron chi connectivity index (χ1n) is 11.7. The highest BCUT2D eigenvalue weighted by Crippen LogP contribution is 2.47. The molecule has 0 spiro atoms. The van der Waals surface area contributed by atoms with Crippen LogP contribution in [0.1, 0.15) is 76.2 Å². The van der Waals surface area contributed by atoms with Crippen molar-refractivity contribution in [3.05, 3.63) is 12.7 Å². The van der Waals surface area contributed by atoms with Crippen LogP contribution in [-0.4, -0.2) is 51.1 Å². The Hall–Kier alpha value is -0.113. The van der Waals surface area contributed by atoms with E-state index in [-0.39, 0.29) is 35.3 Å². The van der Waals surface area contributed by atoms with Crippen LogP contribution in [-0.2, 0) is 23.0 Å². The highest BCUT2D eigenvalue weighted by Gasteiger charge is 2.58. The highest BCUT2D eigenvalue weighted by molar-refractivity contribution is 6.74. The van der Waals surface area contributed by atoms with E-state index < -0.39 is 26.6 Å². The molecule has 2 atom stereocenters. The summed E-state index contributed by atoms with van der Waals surface area (Å²) in [6.07, 6.45) is 2.28. The van der Waals surface area contributed by atoms with Crippen LogP contribution in [0.15, 0.2) is 12.7 Å². The Morgan fingerprint density at radius 2 is 1.23 bits per heavy atom. The van der Waals surface area contributed by atoms with E-state index in [1.54, 1.807) is 0 Å². The van der Waals surface area contributed by atoms with E-state index in [4.69, 9.17) is 23.0 Å². The van der Waals surface area contributed by atoms with E-state index >= 15 is 0 Å². The maximum absolute atomic E-state index is 6.83. The SMILES string of the molecule is C=C[C@@H](O[Si](C)(C)C(C)(C)C)[C@H](CB1OC(C)(C)C(C)(C)O1)B1OC(C)(C)C(C)(C)O1. The van der Waals surface area contributed by atoms with Crippen molar-refractivity contribution in [1.82, 2.24) is 0 Å². The predicted octanol–water partition coefficient (Wildman–Crippen LogP) is 6.12. The summed E-state index contributed by atoms with van der Waals surface area (Å²) in [5.74, 6) is -0.109. The summed E-state index contributed by atoms with van der Waals surface area (Å²) >= 11 is 0. The van der Waals surface area contributed by atoms with Gasteiger partial charge in [-0.15, -0.1) is 6.58 Å².